The molecule has 0 aromatic heterocycles. The van der Waals surface area contributed by atoms with Gasteiger partial charge in [-0.1, -0.05) is 61.5 Å². The van der Waals surface area contributed by atoms with Gasteiger partial charge in [-0.15, -0.1) is 0 Å². The molecule has 0 spiro atoms. The topological polar surface area (TPSA) is 49.3 Å². The van der Waals surface area contributed by atoms with Crippen LogP contribution in [0.5, 0.6) is 0 Å². The van der Waals surface area contributed by atoms with Crippen LogP contribution in [0, 0.1) is 0 Å². The Labute approximate surface area is 125 Å². The average Bonchev–Trinajstić information content (AvgIpc) is 2.50. The molecule has 0 amide bonds. The van der Waals surface area contributed by atoms with E-state index in [1.54, 1.807) is 0 Å². The third-order valence-corrected chi connectivity index (χ3v) is 3.54. The second-order valence-corrected chi connectivity index (χ2v) is 5.14. The molecule has 2 N–H and O–H groups in total. The Morgan fingerprint density at radius 3 is 2.24 bits per heavy atom. The van der Waals surface area contributed by atoms with Gasteiger partial charge in [-0.25, -0.2) is 0 Å². The maximum absolute atomic E-state index is 10.7. The highest BCUT2D eigenvalue weighted by molar-refractivity contribution is 5.70. The number of benzene rings is 2. The highest BCUT2D eigenvalue weighted by atomic mass is 16.4. The van der Waals surface area contributed by atoms with E-state index in [9.17, 15) is 4.79 Å². The fourth-order valence-electron chi connectivity index (χ4n) is 2.37. The third kappa shape index (κ3) is 4.72. The first-order valence-electron chi connectivity index (χ1n) is 7.27. The number of carboxylic acids is 1. The molecule has 0 radical (unpaired) electrons. The first kappa shape index (κ1) is 15.3. The first-order valence-corrected chi connectivity index (χ1v) is 7.27. The maximum atomic E-state index is 10.7. The number of carboxylic acid groups (broad SMARTS) is 1. The minimum atomic E-state index is -0.795. The lowest BCUT2D eigenvalue weighted by molar-refractivity contribution is -0.136. The van der Waals surface area contributed by atoms with E-state index >= 15 is 0 Å². The van der Waals surface area contributed by atoms with E-state index in [0.29, 0.717) is 6.04 Å². The van der Waals surface area contributed by atoms with Gasteiger partial charge in [0.25, 0.3) is 0 Å². The van der Waals surface area contributed by atoms with E-state index in [4.69, 9.17) is 5.11 Å². The van der Waals surface area contributed by atoms with Gasteiger partial charge >= 0.3 is 5.97 Å². The molecule has 2 aromatic carbocycles. The van der Waals surface area contributed by atoms with Crippen LogP contribution in [0.15, 0.2) is 54.6 Å². The van der Waals surface area contributed by atoms with Gasteiger partial charge in [0.2, 0.25) is 0 Å². The van der Waals surface area contributed by atoms with E-state index < -0.39 is 5.97 Å². The normalized spacial score (nSPS) is 12.0. The number of rotatable bonds is 7. The minimum absolute atomic E-state index is 0.0787. The Morgan fingerprint density at radius 1 is 1.05 bits per heavy atom. The van der Waals surface area contributed by atoms with Gasteiger partial charge in [-0.05, 0) is 23.1 Å². The number of hydrogen-bond donors (Lipinski definition) is 2. The van der Waals surface area contributed by atoms with E-state index in [-0.39, 0.29) is 6.42 Å². The highest BCUT2D eigenvalue weighted by Crippen LogP contribution is 2.16. The second kappa shape index (κ2) is 7.60. The molecule has 2 rings (SSSR count). The summed E-state index contributed by atoms with van der Waals surface area (Å²) in [7, 11) is 0. The van der Waals surface area contributed by atoms with Crippen molar-refractivity contribution in [3.05, 3.63) is 71.3 Å². The molecule has 3 heteroatoms. The number of aliphatic carboxylic acids is 1. The Hall–Kier alpha value is -2.13. The summed E-state index contributed by atoms with van der Waals surface area (Å²) < 4.78 is 0. The fraction of sp³-hybridized carbons (Fsp3) is 0.278. The Kier molecular flexibility index (Phi) is 5.52. The van der Waals surface area contributed by atoms with Gasteiger partial charge in [0, 0.05) is 12.6 Å². The molecule has 0 saturated heterocycles. The largest absolute Gasteiger partial charge is 0.481 e. The Balaban J connectivity index is 1.94. The maximum Gasteiger partial charge on any atom is 0.307 e. The SMILES string of the molecule is CCC(NCc1ccc(CC(=O)O)cc1)c1ccccc1. The monoisotopic (exact) mass is 283 g/mol. The predicted octanol–water partition coefficient (Wildman–Crippen LogP) is 3.55. The quantitative estimate of drug-likeness (QED) is 0.817. The summed E-state index contributed by atoms with van der Waals surface area (Å²) >= 11 is 0. The van der Waals surface area contributed by atoms with Crippen LogP contribution in [-0.4, -0.2) is 11.1 Å². The molecule has 0 aliphatic carbocycles. The van der Waals surface area contributed by atoms with Crippen LogP contribution in [0.1, 0.15) is 36.1 Å². The molecule has 21 heavy (non-hydrogen) atoms. The lowest BCUT2D eigenvalue weighted by Crippen LogP contribution is -2.20. The zero-order chi connectivity index (χ0) is 15.1. The summed E-state index contributed by atoms with van der Waals surface area (Å²) in [6.45, 7) is 2.95. The van der Waals surface area contributed by atoms with Crippen molar-refractivity contribution in [3.63, 3.8) is 0 Å². The molecular weight excluding hydrogens is 262 g/mol. The molecule has 0 saturated carbocycles. The summed E-state index contributed by atoms with van der Waals surface area (Å²) in [5, 5.41) is 12.3. The van der Waals surface area contributed by atoms with E-state index in [1.807, 2.05) is 30.3 Å². The van der Waals surface area contributed by atoms with Crippen LogP contribution in [0.2, 0.25) is 0 Å². The van der Waals surface area contributed by atoms with Crippen molar-refractivity contribution < 1.29 is 9.90 Å². The van der Waals surface area contributed by atoms with E-state index in [2.05, 4.69) is 36.5 Å². The van der Waals surface area contributed by atoms with Gasteiger partial charge in [-0.3, -0.25) is 4.79 Å². The number of carbonyl (C=O) groups is 1. The number of nitrogens with one attached hydrogen (secondary N) is 1. The van der Waals surface area contributed by atoms with Gasteiger partial charge in [0.05, 0.1) is 6.42 Å². The zero-order valence-corrected chi connectivity index (χ0v) is 12.3. The highest BCUT2D eigenvalue weighted by Gasteiger charge is 2.08. The van der Waals surface area contributed by atoms with E-state index in [0.717, 1.165) is 18.5 Å². The average molecular weight is 283 g/mol. The summed E-state index contributed by atoms with van der Waals surface area (Å²) in [6, 6.07) is 18.5. The smallest absolute Gasteiger partial charge is 0.307 e. The zero-order valence-electron chi connectivity index (χ0n) is 12.3. The second-order valence-electron chi connectivity index (χ2n) is 5.14. The van der Waals surface area contributed by atoms with Crippen molar-refractivity contribution in [1.29, 1.82) is 0 Å². The lowest BCUT2D eigenvalue weighted by atomic mass is 10.0. The van der Waals surface area contributed by atoms with Crippen LogP contribution < -0.4 is 5.32 Å². The standard InChI is InChI=1S/C18H21NO2/c1-2-17(16-6-4-3-5-7-16)19-13-15-10-8-14(9-11-15)12-18(20)21/h3-11,17,19H,2,12-13H2,1H3,(H,20,21). The number of hydrogen-bond acceptors (Lipinski definition) is 2. The van der Waals surface area contributed by atoms with Crippen molar-refractivity contribution in [2.24, 2.45) is 0 Å². The molecule has 1 atom stereocenters. The van der Waals surface area contributed by atoms with Gasteiger partial charge in [0.15, 0.2) is 0 Å². The van der Waals surface area contributed by atoms with Gasteiger partial charge < -0.3 is 10.4 Å². The predicted molar refractivity (Wildman–Crippen MR) is 84.1 cm³/mol. The molecule has 2 aromatic rings. The summed E-state index contributed by atoms with van der Waals surface area (Å²) in [5.41, 5.74) is 3.29. The molecule has 0 aliphatic rings. The molecule has 3 nitrogen and oxygen atoms in total. The molecule has 1 unspecified atom stereocenters. The van der Waals surface area contributed by atoms with Crippen LogP contribution in [0.25, 0.3) is 0 Å². The van der Waals surface area contributed by atoms with Crippen LogP contribution >= 0.6 is 0 Å². The Morgan fingerprint density at radius 2 is 1.67 bits per heavy atom. The molecular formula is C18H21NO2. The van der Waals surface area contributed by atoms with Crippen molar-refractivity contribution in [1.82, 2.24) is 5.32 Å². The first-order chi connectivity index (χ1) is 10.2. The van der Waals surface area contributed by atoms with E-state index in [1.165, 1.54) is 11.1 Å². The van der Waals surface area contributed by atoms with Gasteiger partial charge in [0.1, 0.15) is 0 Å². The molecule has 0 aliphatic heterocycles. The third-order valence-electron chi connectivity index (χ3n) is 3.54. The lowest BCUT2D eigenvalue weighted by Gasteiger charge is -2.17. The summed E-state index contributed by atoms with van der Waals surface area (Å²) in [4.78, 5) is 10.7. The van der Waals surface area contributed by atoms with Crippen LogP contribution in [0.3, 0.4) is 0 Å². The molecule has 110 valence electrons. The molecule has 0 bridgehead atoms. The molecule has 0 heterocycles. The molecule has 0 fully saturated rings. The fourth-order valence-corrected chi connectivity index (χ4v) is 2.37. The summed E-state index contributed by atoms with van der Waals surface area (Å²) in [6.07, 6.45) is 1.11. The van der Waals surface area contributed by atoms with Crippen LogP contribution in [0.4, 0.5) is 0 Å². The van der Waals surface area contributed by atoms with Crippen LogP contribution in [-0.2, 0) is 17.8 Å². The van der Waals surface area contributed by atoms with Gasteiger partial charge in [-0.2, -0.15) is 0 Å². The van der Waals surface area contributed by atoms with Crippen molar-refractivity contribution in [3.8, 4) is 0 Å². The van der Waals surface area contributed by atoms with Crippen molar-refractivity contribution in [2.75, 3.05) is 0 Å². The minimum Gasteiger partial charge on any atom is -0.481 e. The summed E-state index contributed by atoms with van der Waals surface area (Å²) in [5.74, 6) is -0.795. The van der Waals surface area contributed by atoms with Crippen molar-refractivity contribution in [2.45, 2.75) is 32.4 Å². The Bertz CT molecular complexity index is 564. The van der Waals surface area contributed by atoms with Crippen molar-refractivity contribution >= 4 is 5.97 Å².